The number of fused-ring (bicyclic) bond motifs is 1. The second kappa shape index (κ2) is 5.01. The second-order valence-corrected chi connectivity index (χ2v) is 6.51. The Labute approximate surface area is 128 Å². The number of rotatable bonds is 2. The Kier molecular flexibility index (Phi) is 3.51. The smallest absolute Gasteiger partial charge is 0.243 e. The van der Waals surface area contributed by atoms with Gasteiger partial charge in [-0.15, -0.1) is 0 Å². The zero-order chi connectivity index (χ0) is 16.1. The number of hydrogen-bond donors (Lipinski definition) is 1. The van der Waals surface area contributed by atoms with Gasteiger partial charge in [-0.3, -0.25) is 9.63 Å². The molecule has 3 atom stereocenters. The molecule has 0 aliphatic carbocycles. The average Bonchev–Trinajstić information content (AvgIpc) is 2.94. The predicted molar refractivity (Wildman–Crippen MR) is 76.1 cm³/mol. The highest BCUT2D eigenvalue weighted by molar-refractivity contribution is 5.74. The lowest BCUT2D eigenvalue weighted by Crippen LogP contribution is -2.50. The number of ether oxygens (including phenoxy) is 1. The van der Waals surface area contributed by atoms with E-state index >= 15 is 0 Å². The molecule has 1 N–H and O–H groups in total. The third kappa shape index (κ3) is 2.06. The van der Waals surface area contributed by atoms with E-state index in [9.17, 15) is 14.3 Å². The minimum absolute atomic E-state index is 0.0901. The van der Waals surface area contributed by atoms with Crippen molar-refractivity contribution in [1.82, 2.24) is 5.06 Å². The summed E-state index contributed by atoms with van der Waals surface area (Å²) in [6, 6.07) is 6.32. The van der Waals surface area contributed by atoms with Crippen LogP contribution in [-0.4, -0.2) is 41.0 Å². The average molecular weight is 309 g/mol. The molecule has 2 aliphatic heterocycles. The van der Waals surface area contributed by atoms with Crippen LogP contribution in [0.15, 0.2) is 24.3 Å². The molecule has 1 aromatic rings. The molecule has 0 bridgehead atoms. The first-order chi connectivity index (χ1) is 10.3. The maximum absolute atomic E-state index is 14.4. The van der Waals surface area contributed by atoms with E-state index in [2.05, 4.69) is 0 Å². The molecular weight excluding hydrogens is 289 g/mol. The molecule has 120 valence electrons. The SMILES string of the molecule is CC(=O)N1OC[C@@H]2[C@@H](C(C)(C)O)OC[C@@]21c1ccccc1F. The molecule has 6 heteroatoms. The van der Waals surface area contributed by atoms with Gasteiger partial charge in [0.2, 0.25) is 5.91 Å². The monoisotopic (exact) mass is 309 g/mol. The van der Waals surface area contributed by atoms with Crippen molar-refractivity contribution in [2.45, 2.75) is 38.0 Å². The minimum Gasteiger partial charge on any atom is -0.388 e. The van der Waals surface area contributed by atoms with Crippen LogP contribution in [0.2, 0.25) is 0 Å². The first kappa shape index (κ1) is 15.4. The standard InChI is InChI=1S/C16H20FNO4/c1-10(19)18-16(11-6-4-5-7-13(11)17)9-21-14(15(2,3)20)12(16)8-22-18/h4-7,12,14,20H,8-9H2,1-3H3/t12-,14+,16-/m1/s1. The van der Waals surface area contributed by atoms with Gasteiger partial charge in [0, 0.05) is 18.4 Å². The largest absolute Gasteiger partial charge is 0.388 e. The number of nitrogens with zero attached hydrogens (tertiary/aromatic N) is 1. The van der Waals surface area contributed by atoms with E-state index < -0.39 is 23.1 Å². The lowest BCUT2D eigenvalue weighted by Gasteiger charge is -2.36. The molecule has 1 amide bonds. The van der Waals surface area contributed by atoms with Gasteiger partial charge >= 0.3 is 0 Å². The minimum atomic E-state index is -1.12. The Morgan fingerprint density at radius 2 is 2.14 bits per heavy atom. The van der Waals surface area contributed by atoms with Crippen molar-refractivity contribution < 1.29 is 23.9 Å². The molecule has 0 unspecified atom stereocenters. The Morgan fingerprint density at radius 3 is 2.73 bits per heavy atom. The first-order valence-corrected chi connectivity index (χ1v) is 7.31. The number of hydroxylamine groups is 2. The Bertz CT molecular complexity index is 600. The number of hydrogen-bond acceptors (Lipinski definition) is 4. The van der Waals surface area contributed by atoms with E-state index in [1.54, 1.807) is 32.0 Å². The van der Waals surface area contributed by atoms with Crippen LogP contribution in [0.25, 0.3) is 0 Å². The molecule has 0 radical (unpaired) electrons. The Balaban J connectivity index is 2.14. The predicted octanol–water partition coefficient (Wildman–Crippen LogP) is 1.60. The molecule has 2 fully saturated rings. The summed E-state index contributed by atoms with van der Waals surface area (Å²) in [6.45, 7) is 4.95. The Morgan fingerprint density at radius 1 is 1.45 bits per heavy atom. The maximum atomic E-state index is 14.4. The van der Waals surface area contributed by atoms with Gasteiger partial charge in [-0.1, -0.05) is 18.2 Å². The maximum Gasteiger partial charge on any atom is 0.243 e. The fourth-order valence-corrected chi connectivity index (χ4v) is 3.66. The van der Waals surface area contributed by atoms with Gasteiger partial charge in [-0.2, -0.15) is 0 Å². The van der Waals surface area contributed by atoms with Gasteiger partial charge in [-0.05, 0) is 19.9 Å². The fourth-order valence-electron chi connectivity index (χ4n) is 3.66. The molecule has 2 heterocycles. The molecule has 0 aromatic heterocycles. The van der Waals surface area contributed by atoms with Gasteiger partial charge in [0.15, 0.2) is 0 Å². The van der Waals surface area contributed by atoms with Gasteiger partial charge in [0.05, 0.1) is 24.9 Å². The summed E-state index contributed by atoms with van der Waals surface area (Å²) in [4.78, 5) is 17.5. The molecule has 1 aromatic carbocycles. The van der Waals surface area contributed by atoms with Crippen molar-refractivity contribution in [2.24, 2.45) is 5.92 Å². The molecule has 3 rings (SSSR count). The molecule has 22 heavy (non-hydrogen) atoms. The van der Waals surface area contributed by atoms with E-state index in [-0.39, 0.29) is 25.0 Å². The zero-order valence-corrected chi connectivity index (χ0v) is 12.9. The third-order valence-electron chi connectivity index (χ3n) is 4.53. The fraction of sp³-hybridized carbons (Fsp3) is 0.562. The van der Waals surface area contributed by atoms with Crippen LogP contribution >= 0.6 is 0 Å². The number of aliphatic hydroxyl groups is 1. The summed E-state index contributed by atoms with van der Waals surface area (Å²) in [5.74, 6) is -1.07. The number of carbonyl (C=O) groups is 1. The van der Waals surface area contributed by atoms with Crippen molar-refractivity contribution in [2.75, 3.05) is 13.2 Å². The van der Waals surface area contributed by atoms with E-state index in [1.807, 2.05) is 0 Å². The lowest BCUT2D eigenvalue weighted by atomic mass is 9.75. The van der Waals surface area contributed by atoms with Gasteiger partial charge in [0.25, 0.3) is 0 Å². The first-order valence-electron chi connectivity index (χ1n) is 7.31. The highest BCUT2D eigenvalue weighted by atomic mass is 19.1. The number of amides is 1. The summed E-state index contributed by atoms with van der Waals surface area (Å²) in [5.41, 5.74) is -1.80. The van der Waals surface area contributed by atoms with Gasteiger partial charge in [0.1, 0.15) is 11.4 Å². The molecular formula is C16H20FNO4. The summed E-state index contributed by atoms with van der Waals surface area (Å²) >= 11 is 0. The molecule has 5 nitrogen and oxygen atoms in total. The topological polar surface area (TPSA) is 59.0 Å². The van der Waals surface area contributed by atoms with Crippen molar-refractivity contribution in [3.63, 3.8) is 0 Å². The highest BCUT2D eigenvalue weighted by Crippen LogP contribution is 2.51. The van der Waals surface area contributed by atoms with Crippen LogP contribution < -0.4 is 0 Å². The number of carbonyl (C=O) groups excluding carboxylic acids is 1. The van der Waals surface area contributed by atoms with Crippen LogP contribution in [0.5, 0.6) is 0 Å². The van der Waals surface area contributed by atoms with Crippen molar-refractivity contribution in [1.29, 1.82) is 0 Å². The third-order valence-corrected chi connectivity index (χ3v) is 4.53. The summed E-state index contributed by atoms with van der Waals surface area (Å²) < 4.78 is 20.2. The van der Waals surface area contributed by atoms with Crippen LogP contribution in [0.3, 0.4) is 0 Å². The van der Waals surface area contributed by atoms with E-state index in [4.69, 9.17) is 9.57 Å². The summed E-state index contributed by atoms with van der Waals surface area (Å²) in [6.07, 6.45) is -0.545. The highest BCUT2D eigenvalue weighted by Gasteiger charge is 2.64. The van der Waals surface area contributed by atoms with E-state index in [1.165, 1.54) is 18.1 Å². The molecule has 2 aliphatic rings. The lowest BCUT2D eigenvalue weighted by molar-refractivity contribution is -0.195. The van der Waals surface area contributed by atoms with Crippen LogP contribution in [0, 0.1) is 11.7 Å². The number of halogens is 1. The second-order valence-electron chi connectivity index (χ2n) is 6.51. The zero-order valence-electron chi connectivity index (χ0n) is 12.9. The van der Waals surface area contributed by atoms with Crippen LogP contribution in [-0.2, 0) is 19.9 Å². The molecule has 0 spiro atoms. The molecule has 2 saturated heterocycles. The quantitative estimate of drug-likeness (QED) is 0.901. The van der Waals surface area contributed by atoms with Crippen LogP contribution in [0.4, 0.5) is 4.39 Å². The molecule has 0 saturated carbocycles. The number of benzene rings is 1. The summed E-state index contributed by atoms with van der Waals surface area (Å²) in [7, 11) is 0. The van der Waals surface area contributed by atoms with E-state index in [0.717, 1.165) is 0 Å². The normalized spacial score (nSPS) is 31.4. The van der Waals surface area contributed by atoms with Gasteiger partial charge in [-0.25, -0.2) is 9.45 Å². The summed E-state index contributed by atoms with van der Waals surface area (Å²) in [5, 5.41) is 11.6. The van der Waals surface area contributed by atoms with Crippen LogP contribution in [0.1, 0.15) is 26.3 Å². The van der Waals surface area contributed by atoms with E-state index in [0.29, 0.717) is 5.56 Å². The van der Waals surface area contributed by atoms with Gasteiger partial charge < -0.3 is 9.84 Å². The Hall–Kier alpha value is -1.50. The van der Waals surface area contributed by atoms with Crippen molar-refractivity contribution >= 4 is 5.91 Å². The van der Waals surface area contributed by atoms with Crippen molar-refractivity contribution in [3.05, 3.63) is 35.6 Å². The van der Waals surface area contributed by atoms with Crippen molar-refractivity contribution in [3.8, 4) is 0 Å².